The summed E-state index contributed by atoms with van der Waals surface area (Å²) in [5, 5.41) is 4.46. The van der Waals surface area contributed by atoms with Crippen LogP contribution in [0.4, 0.5) is 13.2 Å². The Morgan fingerprint density at radius 1 is 1.38 bits per heavy atom. The summed E-state index contributed by atoms with van der Waals surface area (Å²) >= 11 is 6.07. The highest BCUT2D eigenvalue weighted by Crippen LogP contribution is 2.32. The van der Waals surface area contributed by atoms with Crippen molar-refractivity contribution in [3.8, 4) is 0 Å². The standard InChI is InChI=1S/C14H15ClF3N3/c1-2-6-21-13(11(15)8-20-21)12(19)9-4-3-5-10(7-9)14(16,17)18/h3-5,7-8,12H,2,6,19H2,1H3. The number of aromatic nitrogens is 2. The molecule has 0 amide bonds. The lowest BCUT2D eigenvalue weighted by molar-refractivity contribution is -0.137. The fourth-order valence-corrected chi connectivity index (χ4v) is 2.40. The summed E-state index contributed by atoms with van der Waals surface area (Å²) in [6.45, 7) is 2.57. The summed E-state index contributed by atoms with van der Waals surface area (Å²) in [6, 6.07) is 4.20. The third kappa shape index (κ3) is 3.39. The second kappa shape index (κ2) is 6.07. The number of hydrogen-bond donors (Lipinski definition) is 1. The Morgan fingerprint density at radius 3 is 2.71 bits per heavy atom. The van der Waals surface area contributed by atoms with Gasteiger partial charge in [0.1, 0.15) is 0 Å². The van der Waals surface area contributed by atoms with Crippen LogP contribution in [0.25, 0.3) is 0 Å². The van der Waals surface area contributed by atoms with E-state index in [1.807, 2.05) is 6.92 Å². The lowest BCUT2D eigenvalue weighted by Crippen LogP contribution is -2.19. The maximum atomic E-state index is 12.8. The van der Waals surface area contributed by atoms with Gasteiger partial charge in [-0.1, -0.05) is 30.7 Å². The number of rotatable bonds is 4. The maximum absolute atomic E-state index is 12.8. The first-order valence-corrected chi connectivity index (χ1v) is 6.86. The highest BCUT2D eigenvalue weighted by molar-refractivity contribution is 6.31. The van der Waals surface area contributed by atoms with E-state index in [0.717, 1.165) is 18.6 Å². The highest BCUT2D eigenvalue weighted by atomic mass is 35.5. The van der Waals surface area contributed by atoms with Gasteiger partial charge in [0.2, 0.25) is 0 Å². The molecular formula is C14H15ClF3N3. The summed E-state index contributed by atoms with van der Waals surface area (Å²) in [7, 11) is 0. The number of nitrogens with zero attached hydrogens (tertiary/aromatic N) is 2. The van der Waals surface area contributed by atoms with Crippen molar-refractivity contribution >= 4 is 11.6 Å². The highest BCUT2D eigenvalue weighted by Gasteiger charge is 2.31. The topological polar surface area (TPSA) is 43.8 Å². The molecule has 2 aromatic rings. The Balaban J connectivity index is 2.41. The van der Waals surface area contributed by atoms with Crippen LogP contribution in [-0.2, 0) is 12.7 Å². The van der Waals surface area contributed by atoms with Crippen molar-refractivity contribution in [1.82, 2.24) is 9.78 Å². The van der Waals surface area contributed by atoms with Gasteiger partial charge in [0.05, 0.1) is 28.5 Å². The van der Waals surface area contributed by atoms with E-state index in [9.17, 15) is 13.2 Å². The monoisotopic (exact) mass is 317 g/mol. The van der Waals surface area contributed by atoms with E-state index in [2.05, 4.69) is 5.10 Å². The Hall–Kier alpha value is -1.53. The molecule has 0 aliphatic rings. The molecule has 7 heteroatoms. The van der Waals surface area contributed by atoms with Crippen molar-refractivity contribution in [2.45, 2.75) is 32.1 Å². The molecule has 1 heterocycles. The van der Waals surface area contributed by atoms with E-state index in [-0.39, 0.29) is 0 Å². The second-order valence-corrected chi connectivity index (χ2v) is 5.11. The molecule has 2 rings (SSSR count). The lowest BCUT2D eigenvalue weighted by atomic mass is 10.0. The molecule has 0 aliphatic heterocycles. The third-order valence-corrected chi connectivity index (χ3v) is 3.43. The summed E-state index contributed by atoms with van der Waals surface area (Å²) in [4.78, 5) is 0. The minimum atomic E-state index is -4.40. The van der Waals surface area contributed by atoms with Crippen molar-refractivity contribution in [3.63, 3.8) is 0 Å². The van der Waals surface area contributed by atoms with Gasteiger partial charge in [-0.25, -0.2) is 0 Å². The lowest BCUT2D eigenvalue weighted by Gasteiger charge is -2.16. The molecule has 2 N–H and O–H groups in total. The van der Waals surface area contributed by atoms with Crippen LogP contribution in [0.5, 0.6) is 0 Å². The zero-order valence-electron chi connectivity index (χ0n) is 11.4. The van der Waals surface area contributed by atoms with Crippen LogP contribution in [-0.4, -0.2) is 9.78 Å². The summed E-state index contributed by atoms with van der Waals surface area (Å²) in [6.07, 6.45) is -2.12. The van der Waals surface area contributed by atoms with Gasteiger partial charge in [0.15, 0.2) is 0 Å². The maximum Gasteiger partial charge on any atom is 0.416 e. The molecule has 0 saturated carbocycles. The van der Waals surface area contributed by atoms with Gasteiger partial charge in [-0.05, 0) is 24.1 Å². The van der Waals surface area contributed by atoms with Crippen LogP contribution in [0.3, 0.4) is 0 Å². The zero-order valence-corrected chi connectivity index (χ0v) is 12.1. The first-order valence-electron chi connectivity index (χ1n) is 6.48. The van der Waals surface area contributed by atoms with E-state index in [1.165, 1.54) is 12.3 Å². The predicted molar refractivity (Wildman–Crippen MR) is 75.0 cm³/mol. The van der Waals surface area contributed by atoms with E-state index in [0.29, 0.717) is 22.8 Å². The smallest absolute Gasteiger partial charge is 0.319 e. The molecule has 1 aromatic heterocycles. The molecule has 0 radical (unpaired) electrons. The van der Waals surface area contributed by atoms with Crippen molar-refractivity contribution < 1.29 is 13.2 Å². The number of benzene rings is 1. The first kappa shape index (κ1) is 15.9. The molecule has 0 fully saturated rings. The SMILES string of the molecule is CCCn1ncc(Cl)c1C(N)c1cccc(C(F)(F)F)c1. The van der Waals surface area contributed by atoms with Gasteiger partial charge >= 0.3 is 6.18 Å². The number of nitrogens with two attached hydrogens (primary N) is 1. The normalized spacial score (nSPS) is 13.4. The minimum absolute atomic E-state index is 0.351. The number of hydrogen-bond acceptors (Lipinski definition) is 2. The van der Waals surface area contributed by atoms with Gasteiger partial charge < -0.3 is 5.73 Å². The van der Waals surface area contributed by atoms with E-state index in [4.69, 9.17) is 17.3 Å². The minimum Gasteiger partial charge on any atom is -0.319 e. The molecule has 21 heavy (non-hydrogen) atoms. The average Bonchev–Trinajstić information content (AvgIpc) is 2.79. The molecule has 0 aliphatic carbocycles. The zero-order chi connectivity index (χ0) is 15.6. The van der Waals surface area contributed by atoms with E-state index >= 15 is 0 Å². The number of alkyl halides is 3. The molecule has 114 valence electrons. The predicted octanol–water partition coefficient (Wildman–Crippen LogP) is 4.01. The third-order valence-electron chi connectivity index (χ3n) is 3.14. The fourth-order valence-electron chi connectivity index (χ4n) is 2.14. The molecule has 0 bridgehead atoms. The van der Waals surface area contributed by atoms with Crippen molar-refractivity contribution in [2.24, 2.45) is 5.73 Å². The van der Waals surface area contributed by atoms with E-state index < -0.39 is 17.8 Å². The molecular weight excluding hydrogens is 303 g/mol. The summed E-state index contributed by atoms with van der Waals surface area (Å²) in [5.74, 6) is 0. The van der Waals surface area contributed by atoms with Crippen LogP contribution >= 0.6 is 11.6 Å². The first-order chi connectivity index (χ1) is 9.84. The van der Waals surface area contributed by atoms with Crippen LogP contribution < -0.4 is 5.73 Å². The van der Waals surface area contributed by atoms with Gasteiger partial charge in [-0.3, -0.25) is 4.68 Å². The molecule has 1 atom stereocenters. The van der Waals surface area contributed by atoms with Crippen LogP contribution in [0, 0.1) is 0 Å². The Bertz CT molecular complexity index is 622. The van der Waals surface area contributed by atoms with E-state index in [1.54, 1.807) is 10.7 Å². The Morgan fingerprint density at radius 2 is 2.10 bits per heavy atom. The molecule has 1 unspecified atom stereocenters. The van der Waals surface area contributed by atoms with Crippen molar-refractivity contribution in [3.05, 3.63) is 52.3 Å². The summed E-state index contributed by atoms with van der Waals surface area (Å²) in [5.41, 5.74) is 6.24. The second-order valence-electron chi connectivity index (χ2n) is 4.70. The van der Waals surface area contributed by atoms with Gasteiger partial charge in [0, 0.05) is 6.54 Å². The van der Waals surface area contributed by atoms with Gasteiger partial charge in [-0.2, -0.15) is 18.3 Å². The van der Waals surface area contributed by atoms with Crippen molar-refractivity contribution in [1.29, 1.82) is 0 Å². The van der Waals surface area contributed by atoms with Crippen molar-refractivity contribution in [2.75, 3.05) is 0 Å². The summed E-state index contributed by atoms with van der Waals surface area (Å²) < 4.78 is 39.9. The van der Waals surface area contributed by atoms with Crippen LogP contribution in [0.15, 0.2) is 30.5 Å². The molecule has 0 saturated heterocycles. The quantitative estimate of drug-likeness (QED) is 0.925. The van der Waals surface area contributed by atoms with Crippen LogP contribution in [0.2, 0.25) is 5.02 Å². The molecule has 1 aromatic carbocycles. The number of halogens is 4. The molecule has 3 nitrogen and oxygen atoms in total. The largest absolute Gasteiger partial charge is 0.416 e. The Kier molecular flexibility index (Phi) is 4.58. The Labute approximate surface area is 125 Å². The number of aryl methyl sites for hydroxylation is 1. The molecule has 0 spiro atoms. The fraction of sp³-hybridized carbons (Fsp3) is 0.357. The van der Waals surface area contributed by atoms with Gasteiger partial charge in [0.25, 0.3) is 0 Å². The van der Waals surface area contributed by atoms with Crippen LogP contribution in [0.1, 0.15) is 36.2 Å². The average molecular weight is 318 g/mol. The van der Waals surface area contributed by atoms with Gasteiger partial charge in [-0.15, -0.1) is 0 Å².